The molecule has 0 fully saturated rings. The van der Waals surface area contributed by atoms with Crippen molar-refractivity contribution in [2.75, 3.05) is 20.6 Å². The average Bonchev–Trinajstić information content (AvgIpc) is 2.94. The van der Waals surface area contributed by atoms with Crippen LogP contribution >= 0.6 is 54.8 Å². The first kappa shape index (κ1) is 17.4. The molecule has 1 atom stereocenters. The lowest BCUT2D eigenvalue weighted by atomic mass is 10.2. The zero-order valence-electron chi connectivity index (χ0n) is 11.6. The molecule has 0 aliphatic carbocycles. The third-order valence-electron chi connectivity index (χ3n) is 2.98. The molecule has 3 N–H and O–H groups in total. The van der Waals surface area contributed by atoms with Gasteiger partial charge in [0, 0.05) is 15.9 Å². The maximum Gasteiger partial charge on any atom is 0.0985 e. The van der Waals surface area contributed by atoms with Crippen LogP contribution < -0.4 is 11.3 Å². The molecule has 2 aromatic heterocycles. The highest BCUT2D eigenvalue weighted by Gasteiger charge is 2.23. The largest absolute Gasteiger partial charge is 0.308 e. The van der Waals surface area contributed by atoms with Gasteiger partial charge in [-0.3, -0.25) is 10.5 Å². The van der Waals surface area contributed by atoms with E-state index in [1.54, 1.807) is 17.5 Å². The third kappa shape index (κ3) is 4.07. The lowest BCUT2D eigenvalue weighted by Crippen LogP contribution is -2.31. The summed E-state index contributed by atoms with van der Waals surface area (Å²) in [5, 5.41) is 4.96. The Morgan fingerprint density at radius 2 is 2.24 bits per heavy atom. The molecule has 9 heteroatoms. The SMILES string of the molecule is CN(C)CCn1ncc(Cl)c1C(NN)c1cc(Br)c(Br)s1. The molecule has 0 amide bonds. The second-order valence-electron chi connectivity index (χ2n) is 4.77. The summed E-state index contributed by atoms with van der Waals surface area (Å²) in [6.45, 7) is 1.63. The molecule has 0 bridgehead atoms. The number of hydrazine groups is 1. The van der Waals surface area contributed by atoms with Crippen molar-refractivity contribution in [2.24, 2.45) is 5.84 Å². The van der Waals surface area contributed by atoms with Gasteiger partial charge in [0.1, 0.15) is 0 Å². The van der Waals surface area contributed by atoms with Crippen LogP contribution in [0.4, 0.5) is 0 Å². The fraction of sp³-hybridized carbons (Fsp3) is 0.417. The Bertz CT molecular complexity index is 593. The lowest BCUT2D eigenvalue weighted by molar-refractivity contribution is 0.366. The van der Waals surface area contributed by atoms with Crippen LogP contribution in [0.5, 0.6) is 0 Å². The number of halogens is 3. The Labute approximate surface area is 149 Å². The molecule has 116 valence electrons. The quantitative estimate of drug-likeness (QED) is 0.517. The summed E-state index contributed by atoms with van der Waals surface area (Å²) in [5.74, 6) is 5.76. The molecular formula is C12H16Br2ClN5S. The molecule has 1 unspecified atom stereocenters. The van der Waals surface area contributed by atoms with E-state index in [1.165, 1.54) is 0 Å². The number of hydrogen-bond donors (Lipinski definition) is 2. The molecule has 2 rings (SSSR count). The molecule has 0 saturated heterocycles. The molecule has 2 aromatic rings. The first-order valence-electron chi connectivity index (χ1n) is 6.20. The predicted molar refractivity (Wildman–Crippen MR) is 94.7 cm³/mol. The van der Waals surface area contributed by atoms with Crippen molar-refractivity contribution in [1.29, 1.82) is 0 Å². The van der Waals surface area contributed by atoms with Gasteiger partial charge in [-0.25, -0.2) is 5.43 Å². The van der Waals surface area contributed by atoms with Crippen LogP contribution in [0.25, 0.3) is 0 Å². The maximum atomic E-state index is 6.32. The molecule has 0 aliphatic rings. The molecule has 0 spiro atoms. The average molecular weight is 458 g/mol. The minimum absolute atomic E-state index is 0.199. The van der Waals surface area contributed by atoms with Gasteiger partial charge in [-0.15, -0.1) is 11.3 Å². The monoisotopic (exact) mass is 455 g/mol. The standard InChI is InChI=1S/C12H16Br2ClN5S/c1-19(2)3-4-20-11(8(15)6-17-20)10(18-16)9-5-7(13)12(14)21-9/h5-6,10,18H,3-4,16H2,1-2H3. The molecule has 5 nitrogen and oxygen atoms in total. The number of likely N-dealkylation sites (N-methyl/N-ethyl adjacent to an activating group) is 1. The van der Waals surface area contributed by atoms with Crippen LogP contribution in [-0.4, -0.2) is 35.3 Å². The Morgan fingerprint density at radius 3 is 2.76 bits per heavy atom. The van der Waals surface area contributed by atoms with Gasteiger partial charge in [0.2, 0.25) is 0 Å². The third-order valence-corrected chi connectivity index (χ3v) is 6.59. The topological polar surface area (TPSA) is 59.1 Å². The molecule has 0 aliphatic heterocycles. The molecule has 0 saturated carbocycles. The van der Waals surface area contributed by atoms with E-state index in [0.717, 1.165) is 31.9 Å². The normalized spacial score (nSPS) is 13.1. The van der Waals surface area contributed by atoms with E-state index in [0.29, 0.717) is 5.02 Å². The summed E-state index contributed by atoms with van der Waals surface area (Å²) in [6, 6.07) is 1.83. The Kier molecular flexibility index (Phi) is 6.25. The Balaban J connectivity index is 2.35. The minimum Gasteiger partial charge on any atom is -0.308 e. The van der Waals surface area contributed by atoms with Crippen molar-refractivity contribution in [3.8, 4) is 0 Å². The van der Waals surface area contributed by atoms with E-state index in [1.807, 2.05) is 24.8 Å². The lowest BCUT2D eigenvalue weighted by Gasteiger charge is -2.18. The molecule has 0 radical (unpaired) electrons. The van der Waals surface area contributed by atoms with E-state index in [9.17, 15) is 0 Å². The fourth-order valence-electron chi connectivity index (χ4n) is 1.93. The van der Waals surface area contributed by atoms with E-state index in [-0.39, 0.29) is 6.04 Å². The van der Waals surface area contributed by atoms with E-state index < -0.39 is 0 Å². The second-order valence-corrected chi connectivity index (χ2v) is 8.44. The number of thiophene rings is 1. The number of nitrogens with two attached hydrogens (primary N) is 1. The van der Waals surface area contributed by atoms with Crippen molar-refractivity contribution in [3.63, 3.8) is 0 Å². The van der Waals surface area contributed by atoms with Crippen molar-refractivity contribution >= 4 is 54.8 Å². The highest BCUT2D eigenvalue weighted by molar-refractivity contribution is 9.13. The van der Waals surface area contributed by atoms with Gasteiger partial charge in [0.15, 0.2) is 0 Å². The number of nitrogens with one attached hydrogen (secondary N) is 1. The molecule has 2 heterocycles. The van der Waals surface area contributed by atoms with E-state index in [4.69, 9.17) is 17.4 Å². The zero-order chi connectivity index (χ0) is 15.6. The summed E-state index contributed by atoms with van der Waals surface area (Å²) in [7, 11) is 4.05. The number of aromatic nitrogens is 2. The van der Waals surface area contributed by atoms with Crippen LogP contribution in [0, 0.1) is 0 Å². The Hall–Kier alpha value is 0.0400. The van der Waals surface area contributed by atoms with Crippen molar-refractivity contribution < 1.29 is 0 Å². The minimum atomic E-state index is -0.199. The van der Waals surface area contributed by atoms with Crippen molar-refractivity contribution in [1.82, 2.24) is 20.1 Å². The highest BCUT2D eigenvalue weighted by atomic mass is 79.9. The predicted octanol–water partition coefficient (Wildman–Crippen LogP) is 3.24. The molecule has 21 heavy (non-hydrogen) atoms. The van der Waals surface area contributed by atoms with Gasteiger partial charge < -0.3 is 4.90 Å². The highest BCUT2D eigenvalue weighted by Crippen LogP contribution is 2.38. The smallest absolute Gasteiger partial charge is 0.0985 e. The fourth-order valence-corrected chi connectivity index (χ4v) is 4.34. The van der Waals surface area contributed by atoms with Crippen LogP contribution in [0.1, 0.15) is 16.6 Å². The first-order valence-corrected chi connectivity index (χ1v) is 8.99. The van der Waals surface area contributed by atoms with Crippen molar-refractivity contribution in [2.45, 2.75) is 12.6 Å². The van der Waals surface area contributed by atoms with Crippen LogP contribution in [0.2, 0.25) is 5.02 Å². The second kappa shape index (κ2) is 7.54. The summed E-state index contributed by atoms with van der Waals surface area (Å²) in [5.41, 5.74) is 3.72. The van der Waals surface area contributed by atoms with Gasteiger partial charge in [0.05, 0.1) is 33.3 Å². The van der Waals surface area contributed by atoms with Gasteiger partial charge in [-0.05, 0) is 52.0 Å². The van der Waals surface area contributed by atoms with Gasteiger partial charge in [-0.2, -0.15) is 5.10 Å². The van der Waals surface area contributed by atoms with E-state index in [2.05, 4.69) is 47.3 Å². The summed E-state index contributed by atoms with van der Waals surface area (Å²) < 4.78 is 3.92. The van der Waals surface area contributed by atoms with Gasteiger partial charge in [-0.1, -0.05) is 11.6 Å². The Morgan fingerprint density at radius 1 is 1.52 bits per heavy atom. The number of nitrogens with zero attached hydrogens (tertiary/aromatic N) is 3. The summed E-state index contributed by atoms with van der Waals surface area (Å²) in [4.78, 5) is 3.16. The molecule has 0 aromatic carbocycles. The number of rotatable bonds is 6. The van der Waals surface area contributed by atoms with Gasteiger partial charge >= 0.3 is 0 Å². The zero-order valence-corrected chi connectivity index (χ0v) is 16.4. The maximum absolute atomic E-state index is 6.32. The first-order chi connectivity index (χ1) is 9.93. The van der Waals surface area contributed by atoms with Crippen LogP contribution in [0.3, 0.4) is 0 Å². The van der Waals surface area contributed by atoms with Gasteiger partial charge in [0.25, 0.3) is 0 Å². The molecular weight excluding hydrogens is 441 g/mol. The van der Waals surface area contributed by atoms with Crippen molar-refractivity contribution in [3.05, 3.63) is 36.1 Å². The number of hydrogen-bond acceptors (Lipinski definition) is 5. The van der Waals surface area contributed by atoms with Crippen LogP contribution in [0.15, 0.2) is 20.5 Å². The summed E-state index contributed by atoms with van der Waals surface area (Å²) in [6.07, 6.45) is 1.66. The van der Waals surface area contributed by atoms with E-state index >= 15 is 0 Å². The van der Waals surface area contributed by atoms with Crippen LogP contribution in [-0.2, 0) is 6.54 Å². The summed E-state index contributed by atoms with van der Waals surface area (Å²) >= 11 is 14.9.